The minimum Gasteiger partial charge on any atom is -0.422 e. The van der Waals surface area contributed by atoms with Gasteiger partial charge in [0.1, 0.15) is 11.1 Å². The van der Waals surface area contributed by atoms with Crippen LogP contribution in [0, 0.1) is 11.8 Å². The van der Waals surface area contributed by atoms with Crippen molar-refractivity contribution in [1.29, 1.82) is 0 Å². The van der Waals surface area contributed by atoms with Crippen LogP contribution in [0.5, 0.6) is 0 Å². The fourth-order valence-electron chi connectivity index (χ4n) is 1.95. The maximum absolute atomic E-state index is 11.7. The molecule has 0 spiro atoms. The second kappa shape index (κ2) is 6.80. The zero-order valence-corrected chi connectivity index (χ0v) is 11.2. The van der Waals surface area contributed by atoms with E-state index in [9.17, 15) is 4.79 Å². The lowest BCUT2D eigenvalue weighted by atomic mass is 10.1. The van der Waals surface area contributed by atoms with Crippen molar-refractivity contribution in [2.24, 2.45) is 0 Å². The van der Waals surface area contributed by atoms with Gasteiger partial charge in [-0.1, -0.05) is 56.2 Å². The quantitative estimate of drug-likeness (QED) is 0.467. The monoisotopic (exact) mass is 254 g/mol. The Bertz CT molecular complexity index is 656. The van der Waals surface area contributed by atoms with Crippen molar-refractivity contribution in [3.63, 3.8) is 0 Å². The van der Waals surface area contributed by atoms with E-state index >= 15 is 0 Å². The molecule has 0 bridgehead atoms. The Balaban J connectivity index is 2.10. The highest BCUT2D eigenvalue weighted by atomic mass is 16.4. The predicted molar refractivity (Wildman–Crippen MR) is 78.1 cm³/mol. The van der Waals surface area contributed by atoms with Gasteiger partial charge in [0.05, 0.1) is 0 Å². The van der Waals surface area contributed by atoms with Crippen LogP contribution in [0.15, 0.2) is 39.5 Å². The highest BCUT2D eigenvalue weighted by Gasteiger charge is 2.01. The van der Waals surface area contributed by atoms with E-state index in [1.807, 2.05) is 18.2 Å². The summed E-state index contributed by atoms with van der Waals surface area (Å²) in [6.45, 7) is 2.19. The Morgan fingerprint density at radius 2 is 2.00 bits per heavy atom. The molecule has 0 aliphatic heterocycles. The molecule has 98 valence electrons. The number of hydrogen-bond acceptors (Lipinski definition) is 2. The molecule has 0 fully saturated rings. The molecule has 2 rings (SSSR count). The van der Waals surface area contributed by atoms with Gasteiger partial charge in [-0.3, -0.25) is 0 Å². The Morgan fingerprint density at radius 3 is 2.84 bits per heavy atom. The molecule has 0 amide bonds. The molecule has 1 heterocycles. The van der Waals surface area contributed by atoms with Gasteiger partial charge in [0.25, 0.3) is 0 Å². The summed E-state index contributed by atoms with van der Waals surface area (Å²) in [7, 11) is 0. The van der Waals surface area contributed by atoms with Gasteiger partial charge >= 0.3 is 5.63 Å². The van der Waals surface area contributed by atoms with E-state index in [4.69, 9.17) is 4.42 Å². The molecule has 2 heteroatoms. The number of para-hydroxylation sites is 1. The van der Waals surface area contributed by atoms with Crippen LogP contribution in [-0.4, -0.2) is 0 Å². The third kappa shape index (κ3) is 3.72. The van der Waals surface area contributed by atoms with Gasteiger partial charge in [0, 0.05) is 11.8 Å². The van der Waals surface area contributed by atoms with Gasteiger partial charge in [-0.2, -0.15) is 0 Å². The predicted octanol–water partition coefficient (Wildman–Crippen LogP) is 4.11. The SMILES string of the molecule is CCCCCCC#Cc1cc2ccccc2oc1=O. The second-order valence-corrected chi connectivity index (χ2v) is 4.60. The second-order valence-electron chi connectivity index (χ2n) is 4.60. The van der Waals surface area contributed by atoms with Crippen molar-refractivity contribution in [2.45, 2.75) is 39.0 Å². The van der Waals surface area contributed by atoms with Crippen LogP contribution < -0.4 is 5.63 Å². The third-order valence-corrected chi connectivity index (χ3v) is 3.02. The van der Waals surface area contributed by atoms with E-state index in [-0.39, 0.29) is 5.63 Å². The minimum absolute atomic E-state index is 0.347. The van der Waals surface area contributed by atoms with Gasteiger partial charge < -0.3 is 4.42 Å². The van der Waals surface area contributed by atoms with Crippen molar-refractivity contribution < 1.29 is 4.42 Å². The molecule has 0 N–H and O–H groups in total. The minimum atomic E-state index is -0.347. The van der Waals surface area contributed by atoms with Crippen LogP contribution in [0.25, 0.3) is 11.0 Å². The van der Waals surface area contributed by atoms with E-state index in [0.717, 1.165) is 18.2 Å². The number of benzene rings is 1. The van der Waals surface area contributed by atoms with Crippen molar-refractivity contribution in [2.75, 3.05) is 0 Å². The Hall–Kier alpha value is -2.01. The summed E-state index contributed by atoms with van der Waals surface area (Å²) in [6, 6.07) is 9.29. The molecule has 0 atom stereocenters. The molecular formula is C17H18O2. The topological polar surface area (TPSA) is 30.2 Å². The first-order valence-corrected chi connectivity index (χ1v) is 6.83. The molecule has 0 radical (unpaired) electrons. The summed E-state index contributed by atoms with van der Waals surface area (Å²) in [6.07, 6.45) is 5.62. The first-order chi connectivity index (χ1) is 9.31. The molecule has 0 aliphatic rings. The van der Waals surface area contributed by atoms with E-state index in [0.29, 0.717) is 11.1 Å². The Morgan fingerprint density at radius 1 is 1.16 bits per heavy atom. The molecular weight excluding hydrogens is 236 g/mol. The van der Waals surface area contributed by atoms with Crippen molar-refractivity contribution in [3.05, 3.63) is 46.3 Å². The van der Waals surface area contributed by atoms with Gasteiger partial charge in [-0.05, 0) is 18.6 Å². The van der Waals surface area contributed by atoms with Crippen LogP contribution in [0.1, 0.15) is 44.6 Å². The number of fused-ring (bicyclic) bond motifs is 1. The summed E-state index contributed by atoms with van der Waals surface area (Å²) in [5.74, 6) is 5.98. The molecule has 0 aliphatic carbocycles. The summed E-state index contributed by atoms with van der Waals surface area (Å²) in [5, 5.41) is 0.914. The van der Waals surface area contributed by atoms with Crippen molar-refractivity contribution in [3.8, 4) is 11.8 Å². The smallest absolute Gasteiger partial charge is 0.352 e. The van der Waals surface area contributed by atoms with E-state index in [1.54, 1.807) is 12.1 Å². The summed E-state index contributed by atoms with van der Waals surface area (Å²) >= 11 is 0. The summed E-state index contributed by atoms with van der Waals surface area (Å²) < 4.78 is 5.23. The lowest BCUT2D eigenvalue weighted by Crippen LogP contribution is -2.03. The fourth-order valence-corrected chi connectivity index (χ4v) is 1.95. The molecule has 1 aromatic carbocycles. The van der Waals surface area contributed by atoms with Crippen LogP contribution in [0.4, 0.5) is 0 Å². The summed E-state index contributed by atoms with van der Waals surface area (Å²) in [5.41, 5.74) is 0.718. The largest absolute Gasteiger partial charge is 0.422 e. The van der Waals surface area contributed by atoms with Gasteiger partial charge in [-0.25, -0.2) is 4.79 Å². The van der Waals surface area contributed by atoms with E-state index in [1.165, 1.54) is 19.3 Å². The Labute approximate surface area is 113 Å². The van der Waals surface area contributed by atoms with E-state index in [2.05, 4.69) is 18.8 Å². The maximum Gasteiger partial charge on any atom is 0.352 e. The van der Waals surface area contributed by atoms with Crippen molar-refractivity contribution in [1.82, 2.24) is 0 Å². The number of hydrogen-bond donors (Lipinski definition) is 0. The first-order valence-electron chi connectivity index (χ1n) is 6.83. The lowest BCUT2D eigenvalue weighted by molar-refractivity contribution is 0.559. The van der Waals surface area contributed by atoms with Gasteiger partial charge in [0.15, 0.2) is 0 Å². The van der Waals surface area contributed by atoms with Crippen LogP contribution in [-0.2, 0) is 0 Å². The maximum atomic E-state index is 11.7. The molecule has 1 aromatic heterocycles. The molecule has 19 heavy (non-hydrogen) atoms. The highest BCUT2D eigenvalue weighted by molar-refractivity contribution is 5.77. The van der Waals surface area contributed by atoms with E-state index < -0.39 is 0 Å². The van der Waals surface area contributed by atoms with Crippen LogP contribution in [0.2, 0.25) is 0 Å². The first kappa shape index (κ1) is 13.4. The van der Waals surface area contributed by atoms with Crippen LogP contribution >= 0.6 is 0 Å². The molecule has 2 aromatic rings. The highest BCUT2D eigenvalue weighted by Crippen LogP contribution is 2.12. The zero-order chi connectivity index (χ0) is 13.5. The normalized spacial score (nSPS) is 10.2. The third-order valence-electron chi connectivity index (χ3n) is 3.02. The van der Waals surface area contributed by atoms with Gasteiger partial charge in [-0.15, -0.1) is 0 Å². The summed E-state index contributed by atoms with van der Waals surface area (Å²) in [4.78, 5) is 11.7. The van der Waals surface area contributed by atoms with Crippen molar-refractivity contribution >= 4 is 11.0 Å². The van der Waals surface area contributed by atoms with Gasteiger partial charge in [0.2, 0.25) is 0 Å². The average molecular weight is 254 g/mol. The number of rotatable bonds is 4. The standard InChI is InChI=1S/C17H18O2/c1-2-3-4-5-6-7-11-15-13-14-10-8-9-12-16(14)19-17(15)18/h8-10,12-13H,2-6H2,1H3. The zero-order valence-electron chi connectivity index (χ0n) is 11.2. The van der Waals surface area contributed by atoms with Crippen LogP contribution in [0.3, 0.4) is 0 Å². The molecule has 0 saturated heterocycles. The molecule has 2 nitrogen and oxygen atoms in total. The fraction of sp³-hybridized carbons (Fsp3) is 0.353. The average Bonchev–Trinajstić information content (AvgIpc) is 2.43. The lowest BCUT2D eigenvalue weighted by Gasteiger charge is -1.96. The number of unbranched alkanes of at least 4 members (excludes halogenated alkanes) is 4. The Kier molecular flexibility index (Phi) is 4.80. The molecule has 0 saturated carbocycles. The molecule has 0 unspecified atom stereocenters.